The highest BCUT2D eigenvalue weighted by Gasteiger charge is 2.33. The molecule has 1 heterocycles. The summed E-state index contributed by atoms with van der Waals surface area (Å²) in [5.74, 6) is 0.741. The smallest absolute Gasteiger partial charge is 0.306 e. The molecule has 2 N–H and O–H groups in total. The highest BCUT2D eigenvalue weighted by Crippen LogP contribution is 2.40. The highest BCUT2D eigenvalue weighted by atomic mass is 16.6. The largest absolute Gasteiger partial charge is 0.385 e. The number of methoxy groups -OCH3 is 1. The molecule has 140 valence electrons. The van der Waals surface area contributed by atoms with Crippen LogP contribution in [0, 0.1) is 15.5 Å². The zero-order valence-electron chi connectivity index (χ0n) is 15.0. The van der Waals surface area contributed by atoms with Crippen molar-refractivity contribution in [2.24, 2.45) is 10.4 Å². The van der Waals surface area contributed by atoms with Gasteiger partial charge >= 0.3 is 5.69 Å². The zero-order chi connectivity index (χ0) is 18.1. The third-order valence-corrected chi connectivity index (χ3v) is 4.82. The fourth-order valence-corrected chi connectivity index (χ4v) is 3.31. The first-order chi connectivity index (χ1) is 12.1. The van der Waals surface area contributed by atoms with Gasteiger partial charge in [0.2, 0.25) is 0 Å². The number of guanidine groups is 1. The van der Waals surface area contributed by atoms with E-state index in [-0.39, 0.29) is 11.1 Å². The van der Waals surface area contributed by atoms with Crippen molar-refractivity contribution in [2.75, 3.05) is 33.9 Å². The number of hydrogen-bond donors (Lipinski definition) is 2. The molecule has 1 aromatic heterocycles. The van der Waals surface area contributed by atoms with Crippen molar-refractivity contribution < 1.29 is 9.66 Å². The van der Waals surface area contributed by atoms with Crippen molar-refractivity contribution in [3.63, 3.8) is 0 Å². The molecule has 2 rings (SSSR count). The van der Waals surface area contributed by atoms with Gasteiger partial charge in [-0.15, -0.1) is 0 Å². The first-order valence-corrected chi connectivity index (χ1v) is 8.69. The molecule has 1 aliphatic carbocycles. The third kappa shape index (κ3) is 5.70. The average Bonchev–Trinajstić information content (AvgIpc) is 3.26. The number of nitrogens with zero attached hydrogens (tertiary/aromatic N) is 4. The average molecular weight is 352 g/mol. The van der Waals surface area contributed by atoms with Crippen molar-refractivity contribution in [2.45, 2.75) is 38.6 Å². The van der Waals surface area contributed by atoms with E-state index in [0.29, 0.717) is 13.1 Å². The Labute approximate surface area is 148 Å². The molecule has 1 fully saturated rings. The number of nitrogens with one attached hydrogen (secondary N) is 2. The van der Waals surface area contributed by atoms with Crippen molar-refractivity contribution >= 4 is 11.6 Å². The predicted molar refractivity (Wildman–Crippen MR) is 95.6 cm³/mol. The van der Waals surface area contributed by atoms with Crippen LogP contribution in [0.25, 0.3) is 0 Å². The van der Waals surface area contributed by atoms with Gasteiger partial charge in [-0.1, -0.05) is 12.8 Å². The molecule has 0 radical (unpaired) electrons. The summed E-state index contributed by atoms with van der Waals surface area (Å²) in [6.07, 6.45) is 8.73. The number of ether oxygens (including phenoxy) is 1. The minimum absolute atomic E-state index is 0.00354. The standard InChI is InChI=1S/C16H28N6O3/c1-17-15(18-8-9-21-12-14(11-20-21)22(23)24)19-13-16(7-10-25-2)5-3-4-6-16/h11-12H,3-10,13H2,1-2H3,(H2,17,18,19). The summed E-state index contributed by atoms with van der Waals surface area (Å²) >= 11 is 0. The zero-order valence-corrected chi connectivity index (χ0v) is 15.0. The molecule has 1 aromatic rings. The lowest BCUT2D eigenvalue weighted by Gasteiger charge is -2.29. The predicted octanol–water partition coefficient (Wildman–Crippen LogP) is 1.55. The maximum Gasteiger partial charge on any atom is 0.306 e. The Balaban J connectivity index is 1.76. The second-order valence-electron chi connectivity index (χ2n) is 6.52. The van der Waals surface area contributed by atoms with Gasteiger partial charge in [-0.05, 0) is 24.7 Å². The third-order valence-electron chi connectivity index (χ3n) is 4.82. The van der Waals surface area contributed by atoms with E-state index in [4.69, 9.17) is 4.74 Å². The first-order valence-electron chi connectivity index (χ1n) is 8.69. The number of nitro groups is 1. The van der Waals surface area contributed by atoms with Crippen molar-refractivity contribution in [1.29, 1.82) is 0 Å². The van der Waals surface area contributed by atoms with E-state index in [0.717, 1.165) is 25.5 Å². The van der Waals surface area contributed by atoms with E-state index in [1.807, 2.05) is 0 Å². The van der Waals surface area contributed by atoms with E-state index in [1.165, 1.54) is 38.1 Å². The number of aliphatic imine (C=N–C) groups is 1. The van der Waals surface area contributed by atoms with E-state index in [2.05, 4.69) is 20.7 Å². The maximum absolute atomic E-state index is 10.7. The fraction of sp³-hybridized carbons (Fsp3) is 0.750. The molecule has 1 aliphatic rings. The summed E-state index contributed by atoms with van der Waals surface area (Å²) in [5.41, 5.74) is 0.291. The van der Waals surface area contributed by atoms with Gasteiger partial charge in [0.25, 0.3) is 0 Å². The van der Waals surface area contributed by atoms with E-state index in [9.17, 15) is 10.1 Å². The Morgan fingerprint density at radius 2 is 2.24 bits per heavy atom. The maximum atomic E-state index is 10.7. The van der Waals surface area contributed by atoms with Crippen molar-refractivity contribution in [3.05, 3.63) is 22.5 Å². The topological polar surface area (TPSA) is 107 Å². The van der Waals surface area contributed by atoms with Gasteiger partial charge in [-0.2, -0.15) is 5.10 Å². The van der Waals surface area contributed by atoms with Gasteiger partial charge < -0.3 is 15.4 Å². The van der Waals surface area contributed by atoms with E-state index < -0.39 is 4.92 Å². The fourth-order valence-electron chi connectivity index (χ4n) is 3.31. The van der Waals surface area contributed by atoms with Gasteiger partial charge in [0.1, 0.15) is 12.4 Å². The second kappa shape index (κ2) is 9.36. The monoisotopic (exact) mass is 352 g/mol. The molecule has 0 aliphatic heterocycles. The quantitative estimate of drug-likeness (QED) is 0.302. The lowest BCUT2D eigenvalue weighted by atomic mass is 9.83. The van der Waals surface area contributed by atoms with Crippen LogP contribution in [0.15, 0.2) is 17.4 Å². The minimum atomic E-state index is -0.446. The molecule has 0 unspecified atom stereocenters. The van der Waals surface area contributed by atoms with Crippen LogP contribution in [0.5, 0.6) is 0 Å². The number of aromatic nitrogens is 2. The van der Waals surface area contributed by atoms with Gasteiger partial charge in [-0.25, -0.2) is 0 Å². The van der Waals surface area contributed by atoms with Crippen LogP contribution >= 0.6 is 0 Å². The normalized spacial score (nSPS) is 16.8. The second-order valence-corrected chi connectivity index (χ2v) is 6.52. The first kappa shape index (κ1) is 19.2. The summed E-state index contributed by atoms with van der Waals surface area (Å²) in [6, 6.07) is 0. The summed E-state index contributed by atoms with van der Waals surface area (Å²) in [4.78, 5) is 14.5. The SMILES string of the molecule is CN=C(NCCn1cc([N+](=O)[O-])cn1)NCC1(CCOC)CCCC1. The van der Waals surface area contributed by atoms with Crippen molar-refractivity contribution in [3.8, 4) is 0 Å². The van der Waals surface area contributed by atoms with Gasteiger partial charge in [0.05, 0.1) is 11.5 Å². The van der Waals surface area contributed by atoms with Gasteiger partial charge in [0, 0.05) is 33.9 Å². The summed E-state index contributed by atoms with van der Waals surface area (Å²) in [6.45, 7) is 2.78. The van der Waals surface area contributed by atoms with Crippen molar-refractivity contribution in [1.82, 2.24) is 20.4 Å². The Morgan fingerprint density at radius 3 is 2.84 bits per heavy atom. The van der Waals surface area contributed by atoms with Crippen LogP contribution in [0.1, 0.15) is 32.1 Å². The lowest BCUT2D eigenvalue weighted by molar-refractivity contribution is -0.385. The van der Waals surface area contributed by atoms with Crippen LogP contribution in [-0.4, -0.2) is 54.5 Å². The molecular formula is C16H28N6O3. The van der Waals surface area contributed by atoms with Crippen LogP contribution in [0.2, 0.25) is 0 Å². The van der Waals surface area contributed by atoms with Gasteiger partial charge in [0.15, 0.2) is 5.96 Å². The van der Waals surface area contributed by atoms with Gasteiger partial charge in [-0.3, -0.25) is 19.8 Å². The highest BCUT2D eigenvalue weighted by molar-refractivity contribution is 5.79. The molecule has 0 aromatic carbocycles. The molecule has 0 amide bonds. The summed E-state index contributed by atoms with van der Waals surface area (Å²) < 4.78 is 6.81. The molecule has 25 heavy (non-hydrogen) atoms. The summed E-state index contributed by atoms with van der Waals surface area (Å²) in [5, 5.41) is 21.3. The minimum Gasteiger partial charge on any atom is -0.385 e. The molecule has 0 spiro atoms. The lowest BCUT2D eigenvalue weighted by Crippen LogP contribution is -2.44. The molecule has 9 nitrogen and oxygen atoms in total. The number of hydrogen-bond acceptors (Lipinski definition) is 5. The van der Waals surface area contributed by atoms with Crippen LogP contribution in [0.4, 0.5) is 5.69 Å². The number of rotatable bonds is 9. The molecule has 0 saturated heterocycles. The van der Waals surface area contributed by atoms with Crippen LogP contribution in [0.3, 0.4) is 0 Å². The van der Waals surface area contributed by atoms with E-state index >= 15 is 0 Å². The summed E-state index contributed by atoms with van der Waals surface area (Å²) in [7, 11) is 3.49. The Kier molecular flexibility index (Phi) is 7.17. The molecule has 0 atom stereocenters. The molecule has 1 saturated carbocycles. The Bertz CT molecular complexity index is 580. The molecule has 0 bridgehead atoms. The molecular weight excluding hydrogens is 324 g/mol. The molecule has 9 heteroatoms. The van der Waals surface area contributed by atoms with Crippen LogP contribution in [-0.2, 0) is 11.3 Å². The Morgan fingerprint density at radius 1 is 1.48 bits per heavy atom. The Hall–Kier alpha value is -2.16. The van der Waals surface area contributed by atoms with E-state index in [1.54, 1.807) is 18.8 Å². The van der Waals surface area contributed by atoms with Crippen LogP contribution < -0.4 is 10.6 Å².